The van der Waals surface area contributed by atoms with Gasteiger partial charge in [0.25, 0.3) is 0 Å². The maximum absolute atomic E-state index is 5.10. The van der Waals surface area contributed by atoms with E-state index in [2.05, 4.69) is 106 Å². The van der Waals surface area contributed by atoms with Crippen LogP contribution in [0.5, 0.6) is 0 Å². The number of hydrogen-bond acceptors (Lipinski definition) is 4. The molecule has 11 aromatic rings. The van der Waals surface area contributed by atoms with Gasteiger partial charge in [0.05, 0.1) is 27.8 Å². The molecule has 0 N–H and O–H groups in total. The molecule has 0 spiro atoms. The summed E-state index contributed by atoms with van der Waals surface area (Å²) >= 11 is 0. The first-order chi connectivity index (χ1) is 25.8. The summed E-state index contributed by atoms with van der Waals surface area (Å²) < 4.78 is 4.77. The number of nitrogens with zero attached hydrogens (tertiary/aromatic N) is 6. The van der Waals surface area contributed by atoms with Crippen molar-refractivity contribution < 1.29 is 0 Å². The SMILES string of the molecule is c1ccc(-c2nc(-c3ccccc3)nc(-c3ccc(-n4c5cccc6ccc7c8cccnc8n(c8ccccc84)c7c65)c4ccccc34)n2)cc1. The Labute approximate surface area is 297 Å². The van der Waals surface area contributed by atoms with Crippen molar-refractivity contribution in [1.29, 1.82) is 0 Å². The maximum atomic E-state index is 5.10. The number of hydrogen-bond donors (Lipinski definition) is 0. The Morgan fingerprint density at radius 2 is 1.04 bits per heavy atom. The molecule has 0 atom stereocenters. The third-order valence-electron chi connectivity index (χ3n) is 10.2. The van der Waals surface area contributed by atoms with Crippen molar-refractivity contribution in [2.24, 2.45) is 0 Å². The lowest BCUT2D eigenvalue weighted by molar-refractivity contribution is 1.08. The summed E-state index contributed by atoms with van der Waals surface area (Å²) in [6, 6.07) is 57.2. The Kier molecular flexibility index (Phi) is 6.15. The van der Waals surface area contributed by atoms with E-state index in [1.807, 2.05) is 72.9 Å². The summed E-state index contributed by atoms with van der Waals surface area (Å²) in [5.74, 6) is 1.91. The average Bonchev–Trinajstić information content (AvgIpc) is 3.49. The second-order valence-corrected chi connectivity index (χ2v) is 13.1. The van der Waals surface area contributed by atoms with Crippen molar-refractivity contribution >= 4 is 60.0 Å². The second kappa shape index (κ2) is 11.2. The van der Waals surface area contributed by atoms with Gasteiger partial charge in [0, 0.05) is 44.4 Å². The molecule has 11 rings (SSSR count). The minimum atomic E-state index is 0.632. The van der Waals surface area contributed by atoms with E-state index in [-0.39, 0.29) is 0 Å². The third kappa shape index (κ3) is 4.18. The predicted molar refractivity (Wildman–Crippen MR) is 212 cm³/mol. The average molecular weight is 665 g/mol. The third-order valence-corrected chi connectivity index (χ3v) is 10.2. The zero-order chi connectivity index (χ0) is 34.2. The zero-order valence-electron chi connectivity index (χ0n) is 27.8. The lowest BCUT2D eigenvalue weighted by atomic mass is 10.0. The van der Waals surface area contributed by atoms with Gasteiger partial charge in [0.1, 0.15) is 5.65 Å². The molecule has 4 heterocycles. The molecular formula is C46H28N6. The van der Waals surface area contributed by atoms with Crippen LogP contribution in [-0.2, 0) is 0 Å². The lowest BCUT2D eigenvalue weighted by Gasteiger charge is -2.17. The molecule has 4 aromatic heterocycles. The molecule has 0 aliphatic carbocycles. The van der Waals surface area contributed by atoms with E-state index < -0.39 is 0 Å². The molecule has 0 aliphatic rings. The van der Waals surface area contributed by atoms with Crippen molar-refractivity contribution in [2.75, 3.05) is 0 Å². The topological polar surface area (TPSA) is 60.9 Å². The van der Waals surface area contributed by atoms with E-state index in [4.69, 9.17) is 19.9 Å². The Balaban J connectivity index is 1.25. The van der Waals surface area contributed by atoms with Gasteiger partial charge in [-0.15, -0.1) is 0 Å². The molecule has 0 aliphatic heterocycles. The second-order valence-electron chi connectivity index (χ2n) is 13.1. The van der Waals surface area contributed by atoms with Gasteiger partial charge in [0.2, 0.25) is 0 Å². The van der Waals surface area contributed by atoms with Crippen LogP contribution in [0.25, 0.3) is 99.9 Å². The number of pyridine rings is 1. The fourth-order valence-electron chi connectivity index (χ4n) is 7.94. The van der Waals surface area contributed by atoms with Gasteiger partial charge in [-0.3, -0.25) is 4.40 Å². The highest BCUT2D eigenvalue weighted by Crippen LogP contribution is 2.41. The predicted octanol–water partition coefficient (Wildman–Crippen LogP) is 11.1. The van der Waals surface area contributed by atoms with Crippen LogP contribution in [-0.4, -0.2) is 28.9 Å². The van der Waals surface area contributed by atoms with Crippen molar-refractivity contribution in [3.8, 4) is 39.9 Å². The van der Waals surface area contributed by atoms with Gasteiger partial charge in [-0.2, -0.15) is 0 Å². The van der Waals surface area contributed by atoms with E-state index in [0.717, 1.165) is 60.7 Å². The molecule has 0 fully saturated rings. The standard InChI is InChI=1S/C46H28N6/c1-3-13-30(14-4-1)43-48-44(31-15-5-2-6-16-31)50-45(49-43)35-26-27-37(33-19-8-7-18-32(33)35)51-38-21-9-10-22-39(38)52-42-34(36-20-12-28-47-46(36)52)25-24-29-17-11-23-40(51)41(29)42/h1-28H. The Bertz CT molecular complexity index is 3110. The van der Waals surface area contributed by atoms with E-state index in [9.17, 15) is 0 Å². The van der Waals surface area contributed by atoms with Crippen molar-refractivity contribution in [3.05, 3.63) is 170 Å². The van der Waals surface area contributed by atoms with Crippen LogP contribution in [0, 0.1) is 0 Å². The van der Waals surface area contributed by atoms with Gasteiger partial charge in [0.15, 0.2) is 17.5 Å². The largest absolute Gasteiger partial charge is 0.307 e. The molecule has 0 unspecified atom stereocenters. The van der Waals surface area contributed by atoms with Crippen LogP contribution in [0.15, 0.2) is 170 Å². The monoisotopic (exact) mass is 664 g/mol. The summed E-state index contributed by atoms with van der Waals surface area (Å²) in [6.07, 6.45) is 1.89. The Morgan fingerprint density at radius 1 is 0.404 bits per heavy atom. The first-order valence-corrected chi connectivity index (χ1v) is 17.4. The molecule has 7 aromatic carbocycles. The molecule has 0 saturated heterocycles. The number of fused-ring (bicyclic) bond motifs is 6. The summed E-state index contributed by atoms with van der Waals surface area (Å²) in [7, 11) is 0. The summed E-state index contributed by atoms with van der Waals surface area (Å²) in [5.41, 5.74) is 9.30. The first kappa shape index (κ1) is 28.6. The van der Waals surface area contributed by atoms with Gasteiger partial charge in [-0.1, -0.05) is 121 Å². The molecule has 0 saturated carbocycles. The van der Waals surface area contributed by atoms with E-state index in [0.29, 0.717) is 17.5 Å². The smallest absolute Gasteiger partial charge is 0.164 e. The van der Waals surface area contributed by atoms with Gasteiger partial charge < -0.3 is 4.57 Å². The van der Waals surface area contributed by atoms with Crippen molar-refractivity contribution in [2.45, 2.75) is 0 Å². The van der Waals surface area contributed by atoms with Gasteiger partial charge in [-0.25, -0.2) is 19.9 Å². The normalized spacial score (nSPS) is 11.8. The fraction of sp³-hybridized carbons (Fsp3) is 0. The lowest BCUT2D eigenvalue weighted by Crippen LogP contribution is -2.02. The summed E-state index contributed by atoms with van der Waals surface area (Å²) in [4.78, 5) is 20.1. The van der Waals surface area contributed by atoms with Crippen LogP contribution in [0.4, 0.5) is 0 Å². The quantitative estimate of drug-likeness (QED) is 0.188. The summed E-state index contributed by atoms with van der Waals surface area (Å²) in [5, 5.41) is 6.87. The molecule has 0 bridgehead atoms. The first-order valence-electron chi connectivity index (χ1n) is 17.4. The molecule has 6 nitrogen and oxygen atoms in total. The van der Waals surface area contributed by atoms with E-state index in [1.54, 1.807) is 0 Å². The summed E-state index contributed by atoms with van der Waals surface area (Å²) in [6.45, 7) is 0. The molecule has 0 amide bonds. The van der Waals surface area contributed by atoms with E-state index in [1.165, 1.54) is 21.7 Å². The van der Waals surface area contributed by atoms with E-state index >= 15 is 0 Å². The molecule has 0 radical (unpaired) electrons. The van der Waals surface area contributed by atoms with Crippen LogP contribution >= 0.6 is 0 Å². The van der Waals surface area contributed by atoms with Gasteiger partial charge >= 0.3 is 0 Å². The Hall–Kier alpha value is -7.18. The molecule has 242 valence electrons. The number of benzene rings is 7. The maximum Gasteiger partial charge on any atom is 0.164 e. The highest BCUT2D eigenvalue weighted by molar-refractivity contribution is 6.23. The highest BCUT2D eigenvalue weighted by Gasteiger charge is 2.21. The van der Waals surface area contributed by atoms with Crippen molar-refractivity contribution in [1.82, 2.24) is 28.9 Å². The van der Waals surface area contributed by atoms with Crippen LogP contribution in [0.1, 0.15) is 0 Å². The van der Waals surface area contributed by atoms with Crippen LogP contribution in [0.2, 0.25) is 0 Å². The molecular weight excluding hydrogens is 637 g/mol. The van der Waals surface area contributed by atoms with Crippen LogP contribution < -0.4 is 0 Å². The Morgan fingerprint density at radius 3 is 1.81 bits per heavy atom. The van der Waals surface area contributed by atoms with Crippen molar-refractivity contribution in [3.63, 3.8) is 0 Å². The minimum absolute atomic E-state index is 0.632. The van der Waals surface area contributed by atoms with Gasteiger partial charge in [-0.05, 0) is 53.2 Å². The number of rotatable bonds is 4. The number of para-hydroxylation sites is 2. The minimum Gasteiger partial charge on any atom is -0.307 e. The molecule has 52 heavy (non-hydrogen) atoms. The number of aromatic nitrogens is 6. The zero-order valence-corrected chi connectivity index (χ0v) is 27.8. The van der Waals surface area contributed by atoms with Crippen LogP contribution in [0.3, 0.4) is 0 Å². The highest BCUT2D eigenvalue weighted by atomic mass is 15.1. The molecule has 6 heteroatoms. The fourth-order valence-corrected chi connectivity index (χ4v) is 7.94.